The molecule has 0 bridgehead atoms. The van der Waals surface area contributed by atoms with E-state index in [1.54, 1.807) is 17.6 Å². The topological polar surface area (TPSA) is 58.5 Å². The van der Waals surface area contributed by atoms with E-state index in [1.807, 2.05) is 29.6 Å². The Hall–Kier alpha value is -1.54. The lowest BCUT2D eigenvalue weighted by atomic mass is 10.2. The first-order valence-electron chi connectivity index (χ1n) is 7.61. The van der Waals surface area contributed by atoms with Crippen LogP contribution < -0.4 is 10.7 Å². The quantitative estimate of drug-likeness (QED) is 0.472. The van der Waals surface area contributed by atoms with Crippen molar-refractivity contribution in [2.45, 2.75) is 18.9 Å². The summed E-state index contributed by atoms with van der Waals surface area (Å²) in [6.07, 6.45) is 4.08. The zero-order valence-electron chi connectivity index (χ0n) is 12.9. The van der Waals surface area contributed by atoms with Crippen molar-refractivity contribution in [2.24, 2.45) is 5.10 Å². The Morgan fingerprint density at radius 2 is 2.29 bits per heavy atom. The highest BCUT2D eigenvalue weighted by atomic mass is 35.5. The summed E-state index contributed by atoms with van der Waals surface area (Å²) in [6.45, 7) is 1.54. The van der Waals surface area contributed by atoms with E-state index in [1.165, 1.54) is 0 Å². The summed E-state index contributed by atoms with van der Waals surface area (Å²) in [7, 11) is 0. The number of rotatable bonds is 5. The summed E-state index contributed by atoms with van der Waals surface area (Å²) < 4.78 is 5.52. The molecule has 0 amide bonds. The largest absolute Gasteiger partial charge is 0.376 e. The van der Waals surface area contributed by atoms with Gasteiger partial charge < -0.3 is 10.1 Å². The van der Waals surface area contributed by atoms with Gasteiger partial charge in [0.25, 0.3) is 0 Å². The molecule has 5 nitrogen and oxygen atoms in total. The van der Waals surface area contributed by atoms with Crippen LogP contribution in [-0.4, -0.2) is 35.6 Å². The first-order chi connectivity index (χ1) is 11.7. The summed E-state index contributed by atoms with van der Waals surface area (Å²) in [5.41, 5.74) is 4.60. The fourth-order valence-corrected chi connectivity index (χ4v) is 3.32. The van der Waals surface area contributed by atoms with Gasteiger partial charge in [-0.25, -0.2) is 4.98 Å². The van der Waals surface area contributed by atoms with Gasteiger partial charge >= 0.3 is 0 Å². The number of aromatic nitrogens is 1. The highest BCUT2D eigenvalue weighted by Crippen LogP contribution is 2.24. The lowest BCUT2D eigenvalue weighted by Gasteiger charge is -2.11. The minimum absolute atomic E-state index is 0.245. The average molecular weight is 381 g/mol. The van der Waals surface area contributed by atoms with Crippen molar-refractivity contribution in [3.05, 3.63) is 40.4 Å². The molecule has 3 rings (SSSR count). The van der Waals surface area contributed by atoms with Crippen molar-refractivity contribution in [3.63, 3.8) is 0 Å². The highest BCUT2D eigenvalue weighted by Gasteiger charge is 2.14. The van der Waals surface area contributed by atoms with Crippen LogP contribution >= 0.6 is 35.2 Å². The van der Waals surface area contributed by atoms with E-state index in [2.05, 4.69) is 20.8 Å². The summed E-state index contributed by atoms with van der Waals surface area (Å²) in [4.78, 5) is 4.52. The van der Waals surface area contributed by atoms with Gasteiger partial charge in [-0.3, -0.25) is 5.43 Å². The van der Waals surface area contributed by atoms with E-state index >= 15 is 0 Å². The molecule has 2 N–H and O–H groups in total. The fourth-order valence-electron chi connectivity index (χ4n) is 2.28. The second-order valence-electron chi connectivity index (χ2n) is 5.30. The van der Waals surface area contributed by atoms with E-state index in [4.69, 9.17) is 28.6 Å². The minimum Gasteiger partial charge on any atom is -0.376 e. The Morgan fingerprint density at radius 3 is 3.04 bits per heavy atom. The fraction of sp³-hybridized carbons (Fsp3) is 0.312. The standard InChI is InChI=1S/C16H17ClN4OS2/c17-12-5-3-11(4-6-12)15-20-13(10-24-15)8-19-21-16(23)18-9-14-2-1-7-22-14/h3-6,8,10,14H,1-2,7,9H2,(H2,18,21,23)/b19-8-/t14-/m0/s1. The molecule has 24 heavy (non-hydrogen) atoms. The minimum atomic E-state index is 0.245. The molecular formula is C16H17ClN4OS2. The van der Waals surface area contributed by atoms with Crippen LogP contribution in [0.3, 0.4) is 0 Å². The van der Waals surface area contributed by atoms with Crippen molar-refractivity contribution >= 4 is 46.5 Å². The number of hydrogen-bond donors (Lipinski definition) is 2. The van der Waals surface area contributed by atoms with Crippen LogP contribution in [0, 0.1) is 0 Å². The molecule has 1 aromatic heterocycles. The van der Waals surface area contributed by atoms with Crippen LogP contribution in [0.1, 0.15) is 18.5 Å². The summed E-state index contributed by atoms with van der Waals surface area (Å²) >= 11 is 12.6. The van der Waals surface area contributed by atoms with Gasteiger partial charge in [0.1, 0.15) is 5.01 Å². The maximum absolute atomic E-state index is 5.90. The Bertz CT molecular complexity index is 711. The molecule has 1 aliphatic heterocycles. The Morgan fingerprint density at radius 1 is 1.46 bits per heavy atom. The molecule has 1 saturated heterocycles. The maximum atomic E-state index is 5.90. The number of halogens is 1. The number of benzene rings is 1. The first-order valence-corrected chi connectivity index (χ1v) is 9.27. The van der Waals surface area contributed by atoms with Crippen molar-refractivity contribution in [2.75, 3.05) is 13.2 Å². The third-order valence-electron chi connectivity index (χ3n) is 3.49. The van der Waals surface area contributed by atoms with E-state index in [-0.39, 0.29) is 6.10 Å². The summed E-state index contributed by atoms with van der Waals surface area (Å²) in [6, 6.07) is 7.60. The number of thiazole rings is 1. The Kier molecular flexibility index (Phi) is 6.14. The van der Waals surface area contributed by atoms with Gasteiger partial charge in [-0.2, -0.15) is 5.10 Å². The molecule has 0 radical (unpaired) electrons. The number of ether oxygens (including phenoxy) is 1. The molecular weight excluding hydrogens is 364 g/mol. The monoisotopic (exact) mass is 380 g/mol. The summed E-state index contributed by atoms with van der Waals surface area (Å²) in [5, 5.41) is 11.3. The molecule has 0 saturated carbocycles. The molecule has 126 valence electrons. The zero-order chi connectivity index (χ0) is 16.8. The van der Waals surface area contributed by atoms with Gasteiger partial charge in [-0.05, 0) is 37.2 Å². The normalized spacial score (nSPS) is 17.3. The molecule has 0 aliphatic carbocycles. The number of hydrogen-bond acceptors (Lipinski definition) is 5. The van der Waals surface area contributed by atoms with Crippen LogP contribution in [-0.2, 0) is 4.74 Å². The van der Waals surface area contributed by atoms with Gasteiger partial charge in [0.2, 0.25) is 0 Å². The van der Waals surface area contributed by atoms with Gasteiger partial charge in [-0.15, -0.1) is 11.3 Å². The molecule has 8 heteroatoms. The van der Waals surface area contributed by atoms with Crippen LogP contribution in [0.25, 0.3) is 10.6 Å². The van der Waals surface area contributed by atoms with Crippen molar-refractivity contribution in [1.29, 1.82) is 0 Å². The van der Waals surface area contributed by atoms with Crippen molar-refractivity contribution < 1.29 is 4.74 Å². The van der Waals surface area contributed by atoms with Crippen molar-refractivity contribution in [1.82, 2.24) is 15.7 Å². The Labute approximate surface area is 155 Å². The van der Waals surface area contributed by atoms with Crippen LogP contribution in [0.15, 0.2) is 34.7 Å². The first kappa shape index (κ1) is 17.3. The van der Waals surface area contributed by atoms with Crippen LogP contribution in [0.4, 0.5) is 0 Å². The third-order valence-corrected chi connectivity index (χ3v) is 4.89. The molecule has 2 heterocycles. The van der Waals surface area contributed by atoms with Gasteiger partial charge in [0, 0.05) is 29.1 Å². The van der Waals surface area contributed by atoms with Crippen LogP contribution in [0.2, 0.25) is 5.02 Å². The molecule has 1 fully saturated rings. The Balaban J connectivity index is 1.48. The van der Waals surface area contributed by atoms with Crippen LogP contribution in [0.5, 0.6) is 0 Å². The molecule has 0 spiro atoms. The third kappa shape index (κ3) is 4.98. The molecule has 1 aliphatic rings. The zero-order valence-corrected chi connectivity index (χ0v) is 15.3. The smallest absolute Gasteiger partial charge is 0.187 e. The van der Waals surface area contributed by atoms with Gasteiger partial charge in [0.05, 0.1) is 18.0 Å². The summed E-state index contributed by atoms with van der Waals surface area (Å²) in [5.74, 6) is 0. The number of nitrogens with zero attached hydrogens (tertiary/aromatic N) is 2. The van der Waals surface area contributed by atoms with Gasteiger partial charge in [-0.1, -0.05) is 23.7 Å². The maximum Gasteiger partial charge on any atom is 0.187 e. The number of nitrogens with one attached hydrogen (secondary N) is 2. The molecule has 2 aromatic rings. The second-order valence-corrected chi connectivity index (χ2v) is 7.00. The molecule has 1 aromatic carbocycles. The molecule has 0 unspecified atom stereocenters. The van der Waals surface area contributed by atoms with Crippen molar-refractivity contribution in [3.8, 4) is 10.6 Å². The predicted octanol–water partition coefficient (Wildman–Crippen LogP) is 3.44. The predicted molar refractivity (Wildman–Crippen MR) is 103 cm³/mol. The lowest BCUT2D eigenvalue weighted by molar-refractivity contribution is 0.114. The number of hydrazone groups is 1. The highest BCUT2D eigenvalue weighted by molar-refractivity contribution is 7.80. The van der Waals surface area contributed by atoms with Gasteiger partial charge in [0.15, 0.2) is 5.11 Å². The van der Waals surface area contributed by atoms with E-state index in [0.29, 0.717) is 16.7 Å². The van der Waals surface area contributed by atoms with E-state index in [0.717, 1.165) is 35.7 Å². The van der Waals surface area contributed by atoms with E-state index < -0.39 is 0 Å². The number of thiocarbonyl (C=S) groups is 1. The van der Waals surface area contributed by atoms with E-state index in [9.17, 15) is 0 Å². The average Bonchev–Trinajstić information content (AvgIpc) is 3.25. The molecule has 1 atom stereocenters. The SMILES string of the molecule is S=C(NC[C@@H]1CCCO1)N/N=C\c1csc(-c2ccc(Cl)cc2)n1. The second kappa shape index (κ2) is 8.53. The lowest BCUT2D eigenvalue weighted by Crippen LogP contribution is -2.37.